The van der Waals surface area contributed by atoms with Gasteiger partial charge in [-0.25, -0.2) is 9.97 Å². The fraction of sp³-hybridized carbons (Fsp3) is 0.412. The van der Waals surface area contributed by atoms with Crippen molar-refractivity contribution in [2.75, 3.05) is 26.0 Å². The molecule has 1 aliphatic heterocycles. The second kappa shape index (κ2) is 7.07. The lowest BCUT2D eigenvalue weighted by Gasteiger charge is -2.26. The Bertz CT molecular complexity index is 854. The number of pyridine rings is 2. The van der Waals surface area contributed by atoms with Crippen LogP contribution >= 0.6 is 0 Å². The van der Waals surface area contributed by atoms with Gasteiger partial charge in [-0.3, -0.25) is 0 Å². The maximum absolute atomic E-state index is 12.5. The topological polar surface area (TPSA) is 78.4 Å². The van der Waals surface area contributed by atoms with Crippen molar-refractivity contribution in [3.05, 3.63) is 47.8 Å². The van der Waals surface area contributed by atoms with Gasteiger partial charge in [0.05, 0.1) is 11.7 Å². The number of hydrogen-bond acceptors (Lipinski definition) is 5. The molecule has 1 N–H and O–H groups in total. The Morgan fingerprint density at radius 1 is 1.12 bits per heavy atom. The van der Waals surface area contributed by atoms with Crippen molar-refractivity contribution in [2.45, 2.75) is 25.8 Å². The maximum atomic E-state index is 12.5. The highest BCUT2D eigenvalue weighted by atomic mass is 32.2. The summed E-state index contributed by atoms with van der Waals surface area (Å²) in [5, 5.41) is 3.18. The summed E-state index contributed by atoms with van der Waals surface area (Å²) in [4.78, 5) is 9.04. The Morgan fingerprint density at radius 3 is 2.48 bits per heavy atom. The summed E-state index contributed by atoms with van der Waals surface area (Å²) in [6, 6.07) is 11.1. The standard InChI is InChI=1S/C17H23N5O2S/c1-13-7-4-10-16(18-13)20-17-11-5-8-14(19-17)15-9-6-12-22(15)25(23,24)21(2)3/h4-5,7-8,10-11,15H,6,9,12H2,1-3H3,(H,18,19,20)/t15-/m1/s1. The van der Waals surface area contributed by atoms with Crippen molar-refractivity contribution in [1.29, 1.82) is 0 Å². The first-order valence-corrected chi connectivity index (χ1v) is 9.64. The Morgan fingerprint density at radius 2 is 1.80 bits per heavy atom. The van der Waals surface area contributed by atoms with E-state index in [1.165, 1.54) is 8.61 Å². The molecule has 1 fully saturated rings. The molecule has 0 aromatic carbocycles. The maximum Gasteiger partial charge on any atom is 0.282 e. The zero-order valence-corrected chi connectivity index (χ0v) is 15.5. The molecule has 2 aromatic rings. The molecule has 1 atom stereocenters. The fourth-order valence-electron chi connectivity index (χ4n) is 2.97. The zero-order valence-electron chi connectivity index (χ0n) is 14.7. The van der Waals surface area contributed by atoms with Crippen LogP contribution in [-0.2, 0) is 10.2 Å². The van der Waals surface area contributed by atoms with Crippen LogP contribution in [0.2, 0.25) is 0 Å². The average Bonchev–Trinajstić information content (AvgIpc) is 3.05. The third-order valence-electron chi connectivity index (χ3n) is 4.22. The second-order valence-corrected chi connectivity index (χ2v) is 8.39. The summed E-state index contributed by atoms with van der Waals surface area (Å²) in [5.41, 5.74) is 1.67. The predicted molar refractivity (Wildman–Crippen MR) is 97.8 cm³/mol. The average molecular weight is 361 g/mol. The van der Waals surface area contributed by atoms with E-state index in [9.17, 15) is 8.42 Å². The van der Waals surface area contributed by atoms with Crippen LogP contribution < -0.4 is 5.32 Å². The van der Waals surface area contributed by atoms with E-state index >= 15 is 0 Å². The van der Waals surface area contributed by atoms with E-state index in [1.807, 2.05) is 43.3 Å². The van der Waals surface area contributed by atoms with Gasteiger partial charge in [0.2, 0.25) is 0 Å². The van der Waals surface area contributed by atoms with Gasteiger partial charge in [0.25, 0.3) is 10.2 Å². The molecule has 0 unspecified atom stereocenters. The second-order valence-electron chi connectivity index (χ2n) is 6.30. The lowest BCUT2D eigenvalue weighted by Crippen LogP contribution is -2.39. The number of nitrogens with zero attached hydrogens (tertiary/aromatic N) is 4. The molecule has 0 bridgehead atoms. The van der Waals surface area contributed by atoms with Gasteiger partial charge in [-0.1, -0.05) is 12.1 Å². The van der Waals surface area contributed by atoms with Crippen molar-refractivity contribution in [3.8, 4) is 0 Å². The predicted octanol–water partition coefficient (Wildman–Crippen LogP) is 2.47. The van der Waals surface area contributed by atoms with E-state index in [0.717, 1.165) is 24.2 Å². The first-order valence-electron chi connectivity index (χ1n) is 8.25. The van der Waals surface area contributed by atoms with E-state index < -0.39 is 10.2 Å². The molecule has 0 saturated carbocycles. The van der Waals surface area contributed by atoms with E-state index in [2.05, 4.69) is 15.3 Å². The van der Waals surface area contributed by atoms with Gasteiger partial charge in [-0.05, 0) is 44.0 Å². The number of anilines is 2. The largest absolute Gasteiger partial charge is 0.325 e. The number of rotatable bonds is 5. The molecule has 1 saturated heterocycles. The van der Waals surface area contributed by atoms with Crippen LogP contribution in [0, 0.1) is 6.92 Å². The lowest BCUT2D eigenvalue weighted by atomic mass is 10.1. The normalized spacial score (nSPS) is 18.6. The first kappa shape index (κ1) is 17.8. The van der Waals surface area contributed by atoms with E-state index in [1.54, 1.807) is 14.1 Å². The molecule has 8 heteroatoms. The Labute approximate surface area is 148 Å². The van der Waals surface area contributed by atoms with Crippen molar-refractivity contribution < 1.29 is 8.42 Å². The molecule has 0 spiro atoms. The molecule has 25 heavy (non-hydrogen) atoms. The van der Waals surface area contributed by atoms with Crippen LogP contribution in [0.4, 0.5) is 11.6 Å². The molecule has 3 rings (SSSR count). The van der Waals surface area contributed by atoms with Gasteiger partial charge in [-0.2, -0.15) is 17.0 Å². The minimum Gasteiger partial charge on any atom is -0.325 e. The molecular formula is C17H23N5O2S. The quantitative estimate of drug-likeness (QED) is 0.885. The number of aromatic nitrogens is 2. The number of aryl methyl sites for hydroxylation is 1. The van der Waals surface area contributed by atoms with Crippen molar-refractivity contribution in [2.24, 2.45) is 0 Å². The highest BCUT2D eigenvalue weighted by molar-refractivity contribution is 7.86. The monoisotopic (exact) mass is 361 g/mol. The van der Waals surface area contributed by atoms with Crippen molar-refractivity contribution in [1.82, 2.24) is 18.6 Å². The van der Waals surface area contributed by atoms with E-state index in [-0.39, 0.29) is 6.04 Å². The third-order valence-corrected chi connectivity index (χ3v) is 6.17. The molecule has 7 nitrogen and oxygen atoms in total. The Hall–Kier alpha value is -2.03. The van der Waals surface area contributed by atoms with Crippen LogP contribution in [0.1, 0.15) is 30.3 Å². The minimum atomic E-state index is -3.46. The summed E-state index contributed by atoms with van der Waals surface area (Å²) < 4.78 is 27.8. The Balaban J connectivity index is 1.86. The first-order chi connectivity index (χ1) is 11.9. The highest BCUT2D eigenvalue weighted by Gasteiger charge is 2.37. The van der Waals surface area contributed by atoms with Crippen molar-refractivity contribution >= 4 is 21.8 Å². The van der Waals surface area contributed by atoms with Gasteiger partial charge in [0.1, 0.15) is 11.6 Å². The molecule has 3 heterocycles. The van der Waals surface area contributed by atoms with Crippen LogP contribution in [0.3, 0.4) is 0 Å². The molecule has 0 amide bonds. The fourth-order valence-corrected chi connectivity index (χ4v) is 4.29. The van der Waals surface area contributed by atoms with Crippen LogP contribution in [-0.4, -0.2) is 47.6 Å². The number of nitrogens with one attached hydrogen (secondary N) is 1. The van der Waals surface area contributed by atoms with Gasteiger partial charge < -0.3 is 5.32 Å². The molecule has 0 aliphatic carbocycles. The minimum absolute atomic E-state index is 0.236. The third kappa shape index (κ3) is 3.81. The molecule has 2 aromatic heterocycles. The smallest absolute Gasteiger partial charge is 0.282 e. The summed E-state index contributed by atoms with van der Waals surface area (Å²) in [6.07, 6.45) is 1.60. The summed E-state index contributed by atoms with van der Waals surface area (Å²) in [5.74, 6) is 1.37. The number of hydrogen-bond donors (Lipinski definition) is 1. The molecule has 134 valence electrons. The molecule has 0 radical (unpaired) electrons. The van der Waals surface area contributed by atoms with E-state index in [0.29, 0.717) is 18.2 Å². The molecular weight excluding hydrogens is 338 g/mol. The van der Waals surface area contributed by atoms with E-state index in [4.69, 9.17) is 0 Å². The van der Waals surface area contributed by atoms with Crippen LogP contribution in [0.15, 0.2) is 36.4 Å². The van der Waals surface area contributed by atoms with Gasteiger partial charge >= 0.3 is 0 Å². The summed E-state index contributed by atoms with van der Waals surface area (Å²) in [6.45, 7) is 2.45. The zero-order chi connectivity index (χ0) is 18.0. The van der Waals surface area contributed by atoms with Gasteiger partial charge in [-0.15, -0.1) is 0 Å². The summed E-state index contributed by atoms with van der Waals surface area (Å²) >= 11 is 0. The van der Waals surface area contributed by atoms with Crippen LogP contribution in [0.5, 0.6) is 0 Å². The lowest BCUT2D eigenvalue weighted by molar-refractivity contribution is 0.358. The Kier molecular flexibility index (Phi) is 5.03. The molecule has 1 aliphatic rings. The van der Waals surface area contributed by atoms with Crippen molar-refractivity contribution in [3.63, 3.8) is 0 Å². The summed E-state index contributed by atoms with van der Waals surface area (Å²) in [7, 11) is -0.347. The van der Waals surface area contributed by atoms with Crippen LogP contribution in [0.25, 0.3) is 0 Å². The van der Waals surface area contributed by atoms with Gasteiger partial charge in [0, 0.05) is 26.3 Å². The SMILES string of the molecule is Cc1cccc(Nc2cccc([C@H]3CCCN3S(=O)(=O)N(C)C)n2)n1. The highest BCUT2D eigenvalue weighted by Crippen LogP contribution is 2.34. The van der Waals surface area contributed by atoms with Gasteiger partial charge in [0.15, 0.2) is 0 Å².